The zero-order chi connectivity index (χ0) is 28.2. The summed E-state index contributed by atoms with van der Waals surface area (Å²) >= 11 is 0. The van der Waals surface area contributed by atoms with Crippen molar-refractivity contribution < 1.29 is 9.59 Å². The molecule has 0 unspecified atom stereocenters. The summed E-state index contributed by atoms with van der Waals surface area (Å²) in [7, 11) is 1.79. The maximum atomic E-state index is 13.4. The number of aromatic amines is 1. The summed E-state index contributed by atoms with van der Waals surface area (Å²) in [5.41, 5.74) is 5.47. The van der Waals surface area contributed by atoms with Crippen LogP contribution < -0.4 is 15.1 Å². The van der Waals surface area contributed by atoms with Crippen LogP contribution in [0.15, 0.2) is 73.1 Å². The highest BCUT2D eigenvalue weighted by atomic mass is 16.2. The SMILES string of the molecule is CN1C(=O)[C@@H](NC(=O)c2n[nH]c(Cc3ccccc3)n2)CCc2ccc(CN3CCN(c4ccncc4)CC3)cc21. The molecule has 1 fully saturated rings. The van der Waals surface area contributed by atoms with Crippen molar-refractivity contribution in [1.82, 2.24) is 30.4 Å². The predicted molar refractivity (Wildman–Crippen MR) is 157 cm³/mol. The highest BCUT2D eigenvalue weighted by Crippen LogP contribution is 2.28. The Balaban J connectivity index is 1.07. The minimum absolute atomic E-state index is 0.0412. The first-order chi connectivity index (χ1) is 20.0. The van der Waals surface area contributed by atoms with Gasteiger partial charge >= 0.3 is 0 Å². The van der Waals surface area contributed by atoms with E-state index in [1.165, 1.54) is 11.3 Å². The van der Waals surface area contributed by atoms with Gasteiger partial charge in [0, 0.05) is 70.0 Å². The monoisotopic (exact) mass is 550 g/mol. The average molecular weight is 551 g/mol. The van der Waals surface area contributed by atoms with Gasteiger partial charge in [0.15, 0.2) is 0 Å². The number of nitrogens with one attached hydrogen (secondary N) is 2. The normalized spacial score (nSPS) is 17.7. The van der Waals surface area contributed by atoms with Crippen LogP contribution >= 0.6 is 0 Å². The second-order valence-corrected chi connectivity index (χ2v) is 10.7. The summed E-state index contributed by atoms with van der Waals surface area (Å²) in [6, 6.07) is 19.7. The highest BCUT2D eigenvalue weighted by molar-refractivity contribution is 6.02. The van der Waals surface area contributed by atoms with Crippen molar-refractivity contribution >= 4 is 23.2 Å². The largest absolute Gasteiger partial charge is 0.369 e. The van der Waals surface area contributed by atoms with Crippen molar-refractivity contribution in [2.45, 2.75) is 31.8 Å². The number of nitrogens with zero attached hydrogens (tertiary/aromatic N) is 6. The molecule has 0 spiro atoms. The number of amides is 2. The Labute approximate surface area is 239 Å². The lowest BCUT2D eigenvalue weighted by atomic mass is 10.0. The number of aromatic nitrogens is 4. The third-order valence-corrected chi connectivity index (χ3v) is 7.90. The van der Waals surface area contributed by atoms with E-state index in [0.717, 1.165) is 49.5 Å². The molecule has 4 heterocycles. The molecular weight excluding hydrogens is 516 g/mol. The van der Waals surface area contributed by atoms with Gasteiger partial charge in [0.05, 0.1) is 0 Å². The quantitative estimate of drug-likeness (QED) is 0.364. The molecule has 41 heavy (non-hydrogen) atoms. The molecule has 2 N–H and O–H groups in total. The van der Waals surface area contributed by atoms with E-state index in [0.29, 0.717) is 25.1 Å². The number of H-pyrrole nitrogens is 1. The first-order valence-electron chi connectivity index (χ1n) is 14.1. The van der Waals surface area contributed by atoms with Crippen LogP contribution in [0.5, 0.6) is 0 Å². The zero-order valence-corrected chi connectivity index (χ0v) is 23.2. The van der Waals surface area contributed by atoms with Crippen molar-refractivity contribution in [3.63, 3.8) is 0 Å². The van der Waals surface area contributed by atoms with E-state index in [4.69, 9.17) is 0 Å². The Kier molecular flexibility index (Phi) is 7.73. The van der Waals surface area contributed by atoms with E-state index < -0.39 is 11.9 Å². The minimum Gasteiger partial charge on any atom is -0.369 e. The first kappa shape index (κ1) is 26.6. The molecule has 1 saturated heterocycles. The Bertz CT molecular complexity index is 1500. The van der Waals surface area contributed by atoms with Crippen LogP contribution in [-0.4, -0.2) is 76.1 Å². The molecule has 2 aromatic carbocycles. The topological polar surface area (TPSA) is 110 Å². The number of benzene rings is 2. The van der Waals surface area contributed by atoms with Gasteiger partial charge in [0.1, 0.15) is 11.9 Å². The third kappa shape index (κ3) is 6.12. The molecule has 6 rings (SSSR count). The van der Waals surface area contributed by atoms with Gasteiger partial charge in [-0.25, -0.2) is 4.98 Å². The molecule has 0 radical (unpaired) electrons. The van der Waals surface area contributed by atoms with E-state index in [9.17, 15) is 9.59 Å². The maximum Gasteiger partial charge on any atom is 0.291 e. The average Bonchev–Trinajstić information content (AvgIpc) is 3.45. The minimum atomic E-state index is -0.652. The summed E-state index contributed by atoms with van der Waals surface area (Å²) < 4.78 is 0. The fourth-order valence-electron chi connectivity index (χ4n) is 5.61. The van der Waals surface area contributed by atoms with E-state index in [1.807, 2.05) is 42.7 Å². The van der Waals surface area contributed by atoms with Gasteiger partial charge < -0.3 is 15.1 Å². The first-order valence-corrected chi connectivity index (χ1v) is 14.1. The number of hydrogen-bond acceptors (Lipinski definition) is 7. The number of fused-ring (bicyclic) bond motifs is 1. The summed E-state index contributed by atoms with van der Waals surface area (Å²) in [4.78, 5) is 41.4. The number of anilines is 2. The van der Waals surface area contributed by atoms with Crippen molar-refractivity contribution in [1.29, 1.82) is 0 Å². The van der Waals surface area contributed by atoms with Crippen LogP contribution in [0.4, 0.5) is 11.4 Å². The molecule has 2 aromatic heterocycles. The van der Waals surface area contributed by atoms with E-state index >= 15 is 0 Å². The van der Waals surface area contributed by atoms with Crippen molar-refractivity contribution in [3.8, 4) is 0 Å². The molecule has 0 aliphatic carbocycles. The van der Waals surface area contributed by atoms with E-state index in [1.54, 1.807) is 11.9 Å². The lowest BCUT2D eigenvalue weighted by molar-refractivity contribution is -0.120. The Morgan fingerprint density at radius 1 is 1.00 bits per heavy atom. The fraction of sp³-hybridized carbons (Fsp3) is 0.323. The molecule has 0 bridgehead atoms. The molecule has 2 aliphatic heterocycles. The number of carbonyl (C=O) groups excluding carboxylic acids is 2. The van der Waals surface area contributed by atoms with Crippen LogP contribution in [0.25, 0.3) is 0 Å². The molecule has 4 aromatic rings. The standard InChI is InChI=1S/C31H34N8O2/c1-37-27-19-23(21-38-15-17-39(18-16-38)25-11-13-32-14-12-25)7-8-24(27)9-10-26(31(37)41)33-30(40)29-34-28(35-36-29)20-22-5-3-2-4-6-22/h2-8,11-14,19,26H,9-10,15-18,20-21H2,1H3,(H,33,40)(H,34,35,36)/t26-/m0/s1. The molecule has 10 heteroatoms. The number of pyridine rings is 1. The highest BCUT2D eigenvalue weighted by Gasteiger charge is 2.31. The molecule has 2 amide bonds. The second kappa shape index (κ2) is 11.9. The fourth-order valence-corrected chi connectivity index (χ4v) is 5.61. The number of hydrogen-bond donors (Lipinski definition) is 2. The van der Waals surface area contributed by atoms with Crippen LogP contribution in [0.1, 0.15) is 39.6 Å². The van der Waals surface area contributed by atoms with Crippen molar-refractivity contribution in [2.75, 3.05) is 43.0 Å². The third-order valence-electron chi connectivity index (χ3n) is 7.90. The van der Waals surface area contributed by atoms with Gasteiger partial charge in [-0.2, -0.15) is 0 Å². The van der Waals surface area contributed by atoms with E-state index in [-0.39, 0.29) is 11.7 Å². The number of aryl methyl sites for hydroxylation is 1. The van der Waals surface area contributed by atoms with Gasteiger partial charge in [0.2, 0.25) is 11.7 Å². The number of likely N-dealkylation sites (N-methyl/N-ethyl adjacent to an activating group) is 1. The van der Waals surface area contributed by atoms with Gasteiger partial charge in [-0.1, -0.05) is 42.5 Å². The Morgan fingerprint density at radius 2 is 1.78 bits per heavy atom. The van der Waals surface area contributed by atoms with Crippen LogP contribution in [0.2, 0.25) is 0 Å². The lowest BCUT2D eigenvalue weighted by Gasteiger charge is -2.36. The van der Waals surface area contributed by atoms with Gasteiger partial charge in [-0.15, -0.1) is 5.10 Å². The van der Waals surface area contributed by atoms with Crippen LogP contribution in [0, 0.1) is 0 Å². The maximum absolute atomic E-state index is 13.4. The summed E-state index contributed by atoms with van der Waals surface area (Å²) in [5.74, 6) is 0.0500. The lowest BCUT2D eigenvalue weighted by Crippen LogP contribution is -2.47. The molecule has 210 valence electrons. The van der Waals surface area contributed by atoms with Gasteiger partial charge in [-0.3, -0.25) is 24.6 Å². The van der Waals surface area contributed by atoms with Crippen molar-refractivity contribution in [3.05, 3.63) is 101 Å². The molecule has 1 atom stereocenters. The molecule has 0 saturated carbocycles. The summed E-state index contributed by atoms with van der Waals surface area (Å²) in [5, 5.41) is 9.81. The molecule has 10 nitrogen and oxygen atoms in total. The van der Waals surface area contributed by atoms with Crippen LogP contribution in [-0.2, 0) is 24.2 Å². The summed E-state index contributed by atoms with van der Waals surface area (Å²) in [6.07, 6.45) is 5.42. The number of piperazine rings is 1. The van der Waals surface area contributed by atoms with Crippen LogP contribution in [0.3, 0.4) is 0 Å². The van der Waals surface area contributed by atoms with E-state index in [2.05, 4.69) is 65.6 Å². The van der Waals surface area contributed by atoms with Gasteiger partial charge in [-0.05, 0) is 47.7 Å². The van der Waals surface area contributed by atoms with Crippen molar-refractivity contribution in [2.24, 2.45) is 0 Å². The van der Waals surface area contributed by atoms with Gasteiger partial charge in [0.25, 0.3) is 5.91 Å². The number of rotatable bonds is 7. The molecule has 2 aliphatic rings. The smallest absolute Gasteiger partial charge is 0.291 e. The number of carbonyl (C=O) groups is 2. The Morgan fingerprint density at radius 3 is 2.56 bits per heavy atom. The Hall–Kier alpha value is -4.57. The summed E-state index contributed by atoms with van der Waals surface area (Å²) in [6.45, 7) is 4.70. The second-order valence-electron chi connectivity index (χ2n) is 10.7. The molecular formula is C31H34N8O2. The predicted octanol–water partition coefficient (Wildman–Crippen LogP) is 2.82. The zero-order valence-electron chi connectivity index (χ0n) is 23.2.